The molecule has 5 nitrogen and oxygen atoms in total. The van der Waals surface area contributed by atoms with E-state index in [4.69, 9.17) is 0 Å². The first-order valence-corrected chi connectivity index (χ1v) is 5.82. The molecule has 1 aromatic carbocycles. The maximum Gasteiger partial charge on any atom is 0.269 e. The number of benzene rings is 1. The second-order valence-corrected chi connectivity index (χ2v) is 3.82. The van der Waals surface area contributed by atoms with Gasteiger partial charge in [0, 0.05) is 12.1 Å². The zero-order chi connectivity index (χ0) is 12.8. The van der Waals surface area contributed by atoms with Gasteiger partial charge in [-0.25, -0.2) is 0 Å². The van der Waals surface area contributed by atoms with E-state index < -0.39 is 15.8 Å². The highest BCUT2D eigenvalue weighted by Crippen LogP contribution is 2.13. The van der Waals surface area contributed by atoms with Crippen molar-refractivity contribution in [2.24, 2.45) is 0 Å². The summed E-state index contributed by atoms with van der Waals surface area (Å²) < 4.78 is 0. The van der Waals surface area contributed by atoms with Crippen molar-refractivity contribution in [3.8, 4) is 0 Å². The van der Waals surface area contributed by atoms with E-state index in [9.17, 15) is 19.7 Å². The Labute approximate surface area is 102 Å². The fraction of sp³-hybridized carbons (Fsp3) is 0.0909. The number of thioether (sulfide) groups is 1. The Morgan fingerprint density at radius 3 is 2.35 bits per heavy atom. The molecule has 0 atom stereocenters. The Hall–Kier alpha value is -1.95. The zero-order valence-corrected chi connectivity index (χ0v) is 9.77. The van der Waals surface area contributed by atoms with Crippen LogP contribution in [0.5, 0.6) is 0 Å². The Morgan fingerprint density at radius 1 is 1.29 bits per heavy atom. The third kappa shape index (κ3) is 3.84. The molecule has 0 fully saturated rings. The molecule has 1 rings (SSSR count). The molecule has 1 aromatic rings. The Kier molecular flexibility index (Phi) is 4.59. The van der Waals surface area contributed by atoms with E-state index in [2.05, 4.69) is 0 Å². The molecular formula is C11H9NO4S. The van der Waals surface area contributed by atoms with Crippen molar-refractivity contribution in [2.45, 2.75) is 0 Å². The minimum Gasteiger partial charge on any atom is -0.285 e. The summed E-state index contributed by atoms with van der Waals surface area (Å²) in [7, 11) is 0. The third-order valence-electron chi connectivity index (χ3n) is 1.92. The summed E-state index contributed by atoms with van der Waals surface area (Å²) in [6.07, 6.45) is 4.13. The molecule has 0 N–H and O–H groups in total. The average molecular weight is 251 g/mol. The minimum absolute atomic E-state index is 0.0198. The molecule has 88 valence electrons. The molecule has 0 aliphatic carbocycles. The van der Waals surface area contributed by atoms with Crippen molar-refractivity contribution >= 4 is 34.4 Å². The van der Waals surface area contributed by atoms with Crippen molar-refractivity contribution in [3.63, 3.8) is 0 Å². The second-order valence-electron chi connectivity index (χ2n) is 3.04. The van der Waals surface area contributed by atoms with Crippen molar-refractivity contribution in [1.29, 1.82) is 0 Å². The number of nitro groups is 1. The highest BCUT2D eigenvalue weighted by molar-refractivity contribution is 8.14. The van der Waals surface area contributed by atoms with Gasteiger partial charge in [0.25, 0.3) is 10.8 Å². The van der Waals surface area contributed by atoms with Gasteiger partial charge in [0.1, 0.15) is 0 Å². The molecule has 0 bridgehead atoms. The number of non-ortho nitro benzene ring substituents is 1. The molecule has 0 amide bonds. The number of hydrogen-bond acceptors (Lipinski definition) is 5. The molecule has 0 saturated heterocycles. The molecule has 0 aromatic heterocycles. The number of carbonyl (C=O) groups excluding carboxylic acids is 2. The fourth-order valence-corrected chi connectivity index (χ4v) is 1.32. The van der Waals surface area contributed by atoms with Gasteiger partial charge >= 0.3 is 0 Å². The second kappa shape index (κ2) is 5.95. The van der Waals surface area contributed by atoms with E-state index in [1.165, 1.54) is 36.6 Å². The first-order chi connectivity index (χ1) is 8.04. The monoisotopic (exact) mass is 251 g/mol. The average Bonchev–Trinajstić information content (AvgIpc) is 2.35. The number of carbonyl (C=O) groups is 2. The first kappa shape index (κ1) is 13.1. The van der Waals surface area contributed by atoms with Gasteiger partial charge in [0.15, 0.2) is 0 Å². The van der Waals surface area contributed by atoms with Crippen LogP contribution in [0, 0.1) is 10.1 Å². The van der Waals surface area contributed by atoms with Crippen LogP contribution in [0.15, 0.2) is 30.3 Å². The lowest BCUT2D eigenvalue weighted by Crippen LogP contribution is -2.04. The van der Waals surface area contributed by atoms with Gasteiger partial charge in [-0.3, -0.25) is 19.7 Å². The lowest BCUT2D eigenvalue weighted by Gasteiger charge is -1.93. The van der Waals surface area contributed by atoms with Crippen LogP contribution >= 0.6 is 11.8 Å². The van der Waals surface area contributed by atoms with Crippen LogP contribution in [-0.2, 0) is 9.59 Å². The zero-order valence-electron chi connectivity index (χ0n) is 8.95. The van der Waals surface area contributed by atoms with Crippen molar-refractivity contribution in [1.82, 2.24) is 0 Å². The Morgan fingerprint density at radius 2 is 1.88 bits per heavy atom. The normalized spacial score (nSPS) is 10.4. The smallest absolute Gasteiger partial charge is 0.269 e. The SMILES string of the molecule is CSC(=O)C(=O)/C=C/c1ccc([N+](=O)[O-])cc1. The van der Waals surface area contributed by atoms with Gasteiger partial charge in [0.05, 0.1) is 4.92 Å². The van der Waals surface area contributed by atoms with Crippen LogP contribution in [0.3, 0.4) is 0 Å². The van der Waals surface area contributed by atoms with Gasteiger partial charge in [0.2, 0.25) is 5.78 Å². The van der Waals surface area contributed by atoms with E-state index in [1.54, 1.807) is 0 Å². The molecule has 17 heavy (non-hydrogen) atoms. The molecule has 0 aliphatic rings. The number of ketones is 1. The lowest BCUT2D eigenvalue weighted by atomic mass is 10.2. The van der Waals surface area contributed by atoms with Crippen molar-refractivity contribution in [2.75, 3.05) is 6.26 Å². The quantitative estimate of drug-likeness (QED) is 0.354. The Balaban J connectivity index is 2.76. The summed E-state index contributed by atoms with van der Waals surface area (Å²) in [4.78, 5) is 32.0. The summed E-state index contributed by atoms with van der Waals surface area (Å²) >= 11 is 0.845. The summed E-state index contributed by atoms with van der Waals surface area (Å²) in [5.74, 6) is -0.601. The Bertz CT molecular complexity index is 479. The predicted molar refractivity (Wildman–Crippen MR) is 65.7 cm³/mol. The van der Waals surface area contributed by atoms with Gasteiger partial charge < -0.3 is 0 Å². The largest absolute Gasteiger partial charge is 0.285 e. The van der Waals surface area contributed by atoms with Crippen molar-refractivity contribution in [3.05, 3.63) is 46.0 Å². The topological polar surface area (TPSA) is 77.3 Å². The molecule has 0 spiro atoms. The first-order valence-electron chi connectivity index (χ1n) is 4.59. The van der Waals surface area contributed by atoms with Gasteiger partial charge in [-0.05, 0) is 30.0 Å². The van der Waals surface area contributed by atoms with Crippen molar-refractivity contribution < 1.29 is 14.5 Å². The van der Waals surface area contributed by atoms with Crippen LogP contribution in [0.1, 0.15) is 5.56 Å². The standard InChI is InChI=1S/C11H9NO4S/c1-17-11(14)10(13)7-4-8-2-5-9(6-3-8)12(15)16/h2-7H,1H3/b7-4+. The van der Waals surface area contributed by atoms with Crippen LogP contribution in [-0.4, -0.2) is 22.1 Å². The minimum atomic E-state index is -0.601. The number of nitrogens with zero attached hydrogens (tertiary/aromatic N) is 1. The van der Waals surface area contributed by atoms with E-state index in [1.807, 2.05) is 0 Å². The van der Waals surface area contributed by atoms with E-state index in [0.29, 0.717) is 5.56 Å². The van der Waals surface area contributed by atoms with E-state index >= 15 is 0 Å². The van der Waals surface area contributed by atoms with Crippen LogP contribution < -0.4 is 0 Å². The third-order valence-corrected chi connectivity index (χ3v) is 2.49. The molecule has 0 radical (unpaired) electrons. The molecular weight excluding hydrogens is 242 g/mol. The fourth-order valence-electron chi connectivity index (χ4n) is 1.05. The molecule has 6 heteroatoms. The number of nitro benzene ring substituents is 1. The lowest BCUT2D eigenvalue weighted by molar-refractivity contribution is -0.384. The van der Waals surface area contributed by atoms with Gasteiger partial charge in [-0.2, -0.15) is 0 Å². The molecule has 0 heterocycles. The van der Waals surface area contributed by atoms with Crippen LogP contribution in [0.25, 0.3) is 6.08 Å². The number of allylic oxidation sites excluding steroid dienone is 1. The number of hydrogen-bond donors (Lipinski definition) is 0. The molecule has 0 unspecified atom stereocenters. The van der Waals surface area contributed by atoms with Crippen LogP contribution in [0.4, 0.5) is 5.69 Å². The summed E-state index contributed by atoms with van der Waals surface area (Å²) in [5, 5.41) is 9.85. The highest BCUT2D eigenvalue weighted by atomic mass is 32.2. The summed E-state index contributed by atoms with van der Waals surface area (Å²) in [6.45, 7) is 0. The highest BCUT2D eigenvalue weighted by Gasteiger charge is 2.07. The number of rotatable bonds is 4. The van der Waals surface area contributed by atoms with Crippen LogP contribution in [0.2, 0.25) is 0 Å². The van der Waals surface area contributed by atoms with Gasteiger partial charge in [-0.1, -0.05) is 17.8 Å². The maximum atomic E-state index is 11.2. The summed E-state index contributed by atoms with van der Waals surface area (Å²) in [6, 6.07) is 5.68. The predicted octanol–water partition coefficient (Wildman–Crippen LogP) is 2.07. The van der Waals surface area contributed by atoms with E-state index in [0.717, 1.165) is 17.8 Å². The van der Waals surface area contributed by atoms with E-state index in [-0.39, 0.29) is 5.69 Å². The maximum absolute atomic E-state index is 11.2. The molecule has 0 aliphatic heterocycles. The summed E-state index contributed by atoms with van der Waals surface area (Å²) in [5.41, 5.74) is 0.603. The van der Waals surface area contributed by atoms with Gasteiger partial charge in [-0.15, -0.1) is 0 Å². The molecule has 0 saturated carbocycles.